The number of nitriles is 1. The third-order valence-electron chi connectivity index (χ3n) is 4.30. The number of allylic oxidation sites excluding steroid dienone is 2. The van der Waals surface area contributed by atoms with Gasteiger partial charge in [0.25, 0.3) is 5.91 Å². The lowest BCUT2D eigenvalue weighted by molar-refractivity contribution is 0.101. The van der Waals surface area contributed by atoms with Crippen LogP contribution in [0.2, 0.25) is 0 Å². The molecular weight excluding hydrogens is 328 g/mol. The normalized spacial score (nSPS) is 13.1. The van der Waals surface area contributed by atoms with E-state index in [1.165, 1.54) is 0 Å². The number of aliphatic imine (C=N–C) groups is 1. The van der Waals surface area contributed by atoms with Crippen molar-refractivity contribution in [1.29, 1.82) is 5.26 Å². The number of methoxy groups -OCH3 is 1. The number of aromatic nitrogens is 1. The number of ether oxygens (including phenoxy) is 1. The molecule has 6 nitrogen and oxygen atoms in total. The molecule has 26 heavy (non-hydrogen) atoms. The van der Waals surface area contributed by atoms with E-state index in [9.17, 15) is 10.1 Å². The average molecular weight is 348 g/mol. The standard InChI is InChI=1S/C20H20N4O2/c1-3-4-11-22-18-16(13-21)17-6-5-12-24(17)19(18)20(25)23-14-7-9-15(26-2)10-8-14/h3-4,7-11H,5-6,12H2,1-2H3,(H,23,25). The maximum absolute atomic E-state index is 12.9. The van der Waals surface area contributed by atoms with Crippen LogP contribution >= 0.6 is 0 Å². The van der Waals surface area contributed by atoms with Crippen LogP contribution < -0.4 is 10.1 Å². The van der Waals surface area contributed by atoms with Crippen LogP contribution in [0, 0.1) is 11.3 Å². The van der Waals surface area contributed by atoms with Gasteiger partial charge < -0.3 is 14.6 Å². The molecule has 0 unspecified atom stereocenters. The maximum atomic E-state index is 12.9. The van der Waals surface area contributed by atoms with E-state index in [-0.39, 0.29) is 5.91 Å². The van der Waals surface area contributed by atoms with Gasteiger partial charge in [-0.25, -0.2) is 0 Å². The number of fused-ring (bicyclic) bond motifs is 1. The fraction of sp³-hybridized carbons (Fsp3) is 0.250. The molecule has 0 aliphatic carbocycles. The lowest BCUT2D eigenvalue weighted by Gasteiger charge is -2.09. The summed E-state index contributed by atoms with van der Waals surface area (Å²) in [6.07, 6.45) is 6.93. The Labute approximate surface area is 152 Å². The first-order valence-electron chi connectivity index (χ1n) is 8.45. The highest BCUT2D eigenvalue weighted by atomic mass is 16.5. The fourth-order valence-corrected chi connectivity index (χ4v) is 3.11. The summed E-state index contributed by atoms with van der Waals surface area (Å²) < 4.78 is 7.05. The highest BCUT2D eigenvalue weighted by Crippen LogP contribution is 2.35. The number of nitrogens with zero attached hydrogens (tertiary/aromatic N) is 3. The average Bonchev–Trinajstić information content (AvgIpc) is 3.22. The Morgan fingerprint density at radius 2 is 2.15 bits per heavy atom. The molecule has 1 aliphatic heterocycles. The Kier molecular flexibility index (Phi) is 5.18. The molecule has 0 saturated heterocycles. The van der Waals surface area contributed by atoms with Gasteiger partial charge in [0.15, 0.2) is 0 Å². The first-order valence-corrected chi connectivity index (χ1v) is 8.45. The van der Waals surface area contributed by atoms with Crippen LogP contribution in [0.15, 0.2) is 41.4 Å². The van der Waals surface area contributed by atoms with Crippen molar-refractivity contribution in [2.45, 2.75) is 26.3 Å². The van der Waals surface area contributed by atoms with Crippen molar-refractivity contribution in [2.24, 2.45) is 4.99 Å². The number of benzene rings is 1. The zero-order valence-corrected chi connectivity index (χ0v) is 14.8. The SMILES string of the molecule is CC=CC=Nc1c(C#N)c2n(c1C(=O)Nc1ccc(OC)cc1)CCC2. The van der Waals surface area contributed by atoms with E-state index in [2.05, 4.69) is 16.4 Å². The molecule has 0 bridgehead atoms. The zero-order chi connectivity index (χ0) is 18.5. The molecule has 0 fully saturated rings. The third-order valence-corrected chi connectivity index (χ3v) is 4.30. The smallest absolute Gasteiger partial charge is 0.274 e. The lowest BCUT2D eigenvalue weighted by atomic mass is 10.1. The molecule has 1 aliphatic rings. The predicted molar refractivity (Wildman–Crippen MR) is 101 cm³/mol. The minimum Gasteiger partial charge on any atom is -0.497 e. The van der Waals surface area contributed by atoms with Crippen LogP contribution in [0.1, 0.15) is 35.1 Å². The van der Waals surface area contributed by atoms with Crippen LogP contribution in [0.25, 0.3) is 0 Å². The van der Waals surface area contributed by atoms with E-state index in [0.29, 0.717) is 29.2 Å². The molecule has 6 heteroatoms. The highest BCUT2D eigenvalue weighted by Gasteiger charge is 2.29. The van der Waals surface area contributed by atoms with Crippen molar-refractivity contribution in [2.75, 3.05) is 12.4 Å². The second kappa shape index (κ2) is 7.70. The van der Waals surface area contributed by atoms with Gasteiger partial charge in [-0.05, 0) is 50.1 Å². The second-order valence-electron chi connectivity index (χ2n) is 5.87. The maximum Gasteiger partial charge on any atom is 0.274 e. The highest BCUT2D eigenvalue weighted by molar-refractivity contribution is 6.08. The molecule has 1 aromatic carbocycles. The van der Waals surface area contributed by atoms with Crippen LogP contribution in [0.5, 0.6) is 5.75 Å². The molecular formula is C20H20N4O2. The predicted octanol–water partition coefficient (Wildman–Crippen LogP) is 3.85. The van der Waals surface area contributed by atoms with E-state index in [0.717, 1.165) is 24.3 Å². The summed E-state index contributed by atoms with van der Waals surface area (Å²) in [5, 5.41) is 12.5. The molecule has 2 aromatic rings. The Morgan fingerprint density at radius 3 is 2.81 bits per heavy atom. The van der Waals surface area contributed by atoms with Gasteiger partial charge in [-0.15, -0.1) is 0 Å². The van der Waals surface area contributed by atoms with Gasteiger partial charge in [-0.2, -0.15) is 5.26 Å². The van der Waals surface area contributed by atoms with Crippen molar-refractivity contribution in [3.63, 3.8) is 0 Å². The van der Waals surface area contributed by atoms with Crippen molar-refractivity contribution < 1.29 is 9.53 Å². The number of hydrogen-bond acceptors (Lipinski definition) is 4. The van der Waals surface area contributed by atoms with Crippen molar-refractivity contribution in [3.8, 4) is 11.8 Å². The van der Waals surface area contributed by atoms with Gasteiger partial charge in [-0.3, -0.25) is 9.79 Å². The van der Waals surface area contributed by atoms with Crippen molar-refractivity contribution in [3.05, 3.63) is 53.4 Å². The van der Waals surface area contributed by atoms with Crippen LogP contribution in [0.4, 0.5) is 11.4 Å². The summed E-state index contributed by atoms with van der Waals surface area (Å²) in [6, 6.07) is 9.34. The van der Waals surface area contributed by atoms with Crippen LogP contribution in [0.3, 0.4) is 0 Å². The van der Waals surface area contributed by atoms with Crippen LogP contribution in [-0.4, -0.2) is 23.8 Å². The lowest BCUT2D eigenvalue weighted by Crippen LogP contribution is -2.16. The number of carbonyl (C=O) groups is 1. The van der Waals surface area contributed by atoms with E-state index < -0.39 is 0 Å². The molecule has 2 heterocycles. The Morgan fingerprint density at radius 1 is 1.38 bits per heavy atom. The Bertz CT molecular complexity index is 915. The van der Waals surface area contributed by atoms with Crippen molar-refractivity contribution in [1.82, 2.24) is 4.57 Å². The Balaban J connectivity index is 1.99. The minimum absolute atomic E-state index is 0.271. The van der Waals surface area contributed by atoms with Crippen LogP contribution in [-0.2, 0) is 13.0 Å². The number of rotatable bonds is 5. The minimum atomic E-state index is -0.271. The monoisotopic (exact) mass is 348 g/mol. The first kappa shape index (κ1) is 17.5. The number of anilines is 1. The summed E-state index contributed by atoms with van der Waals surface area (Å²) >= 11 is 0. The summed E-state index contributed by atoms with van der Waals surface area (Å²) in [5.41, 5.74) is 2.91. The first-order chi connectivity index (χ1) is 12.7. The molecule has 132 valence electrons. The second-order valence-corrected chi connectivity index (χ2v) is 5.87. The molecule has 0 radical (unpaired) electrons. The van der Waals surface area contributed by atoms with Gasteiger partial charge >= 0.3 is 0 Å². The van der Waals surface area contributed by atoms with Gasteiger partial charge in [0, 0.05) is 24.1 Å². The molecule has 1 aromatic heterocycles. The quantitative estimate of drug-likeness (QED) is 0.834. The van der Waals surface area contributed by atoms with Gasteiger partial charge in [-0.1, -0.05) is 6.08 Å². The number of hydrogen-bond donors (Lipinski definition) is 1. The molecule has 3 rings (SSSR count). The number of nitrogens with one attached hydrogen (secondary N) is 1. The zero-order valence-electron chi connectivity index (χ0n) is 14.8. The molecule has 0 atom stereocenters. The van der Waals surface area contributed by atoms with E-state index in [1.807, 2.05) is 17.6 Å². The summed E-state index contributed by atoms with van der Waals surface area (Å²) in [6.45, 7) is 2.60. The van der Waals surface area contributed by atoms with E-state index in [4.69, 9.17) is 4.74 Å². The Hall–Kier alpha value is -3.33. The molecule has 0 saturated carbocycles. The summed E-state index contributed by atoms with van der Waals surface area (Å²) in [4.78, 5) is 17.3. The fourth-order valence-electron chi connectivity index (χ4n) is 3.11. The summed E-state index contributed by atoms with van der Waals surface area (Å²) in [5.74, 6) is 0.447. The molecule has 1 amide bonds. The summed E-state index contributed by atoms with van der Waals surface area (Å²) in [7, 11) is 1.59. The molecule has 1 N–H and O–H groups in total. The largest absolute Gasteiger partial charge is 0.497 e. The van der Waals surface area contributed by atoms with Gasteiger partial charge in [0.05, 0.1) is 12.7 Å². The topological polar surface area (TPSA) is 79.4 Å². The van der Waals surface area contributed by atoms with E-state index >= 15 is 0 Å². The molecule has 0 spiro atoms. The van der Waals surface area contributed by atoms with Crippen molar-refractivity contribution >= 4 is 23.5 Å². The van der Waals surface area contributed by atoms with E-state index in [1.54, 1.807) is 43.7 Å². The number of carbonyl (C=O) groups excluding carboxylic acids is 1. The van der Waals surface area contributed by atoms with Gasteiger partial charge in [0.1, 0.15) is 23.2 Å². The third kappa shape index (κ3) is 3.24. The van der Waals surface area contributed by atoms with Gasteiger partial charge in [0.2, 0.25) is 0 Å². The number of amides is 1.